The Balaban J connectivity index is 3.42. The van der Waals surface area contributed by atoms with E-state index in [0.29, 0.717) is 12.8 Å². The van der Waals surface area contributed by atoms with Gasteiger partial charge in [0.2, 0.25) is 0 Å². The number of hydrogen-bond acceptors (Lipinski definition) is 6. The lowest BCUT2D eigenvalue weighted by Crippen LogP contribution is -2.21. The minimum Gasteiger partial charge on any atom is -0.298 e. The quantitative estimate of drug-likeness (QED) is 0.308. The number of rotatable bonds is 11. The Morgan fingerprint density at radius 1 is 0.583 bits per heavy atom. The van der Waals surface area contributed by atoms with Crippen molar-refractivity contribution in [3.05, 3.63) is 0 Å². The van der Waals surface area contributed by atoms with Gasteiger partial charge < -0.3 is 0 Å². The second-order valence-corrected chi connectivity index (χ2v) is 7.92. The summed E-state index contributed by atoms with van der Waals surface area (Å²) in [6, 6.07) is 0. The normalized spacial score (nSPS) is 12.1. The Bertz CT molecular complexity index is 329. The van der Waals surface area contributed by atoms with E-state index in [1.54, 1.807) is 0 Å². The molecule has 0 aliphatic heterocycles. The molecule has 0 heterocycles. The standard InChI is InChI=1S/C18H34O6/c1-17(2,3)23-21-15(19)13-11-9-7-8-10-12-14-16(20)22-24-18(4,5)6/h7-14H2,1-6H3. The summed E-state index contributed by atoms with van der Waals surface area (Å²) in [6.07, 6.45) is 6.28. The van der Waals surface area contributed by atoms with Crippen LogP contribution in [0.25, 0.3) is 0 Å². The summed E-state index contributed by atoms with van der Waals surface area (Å²) in [7, 11) is 0. The van der Waals surface area contributed by atoms with Gasteiger partial charge in [0.05, 0.1) is 0 Å². The van der Waals surface area contributed by atoms with Gasteiger partial charge in [0.1, 0.15) is 11.2 Å². The summed E-state index contributed by atoms with van der Waals surface area (Å²) in [5.41, 5.74) is -0.955. The Morgan fingerprint density at radius 2 is 0.875 bits per heavy atom. The van der Waals surface area contributed by atoms with E-state index in [1.807, 2.05) is 41.5 Å². The van der Waals surface area contributed by atoms with Crippen LogP contribution < -0.4 is 0 Å². The van der Waals surface area contributed by atoms with Crippen LogP contribution in [0.5, 0.6) is 0 Å². The van der Waals surface area contributed by atoms with Gasteiger partial charge in [-0.3, -0.25) is 9.78 Å². The van der Waals surface area contributed by atoms with Crippen molar-refractivity contribution < 1.29 is 29.1 Å². The Hall–Kier alpha value is -1.14. The van der Waals surface area contributed by atoms with Crippen LogP contribution in [-0.2, 0) is 29.1 Å². The number of carbonyl (C=O) groups excluding carboxylic acids is 2. The van der Waals surface area contributed by atoms with Crippen molar-refractivity contribution in [1.29, 1.82) is 0 Å². The molecule has 6 heteroatoms. The molecule has 0 radical (unpaired) electrons. The maximum Gasteiger partial charge on any atom is 0.342 e. The highest BCUT2D eigenvalue weighted by atomic mass is 17.2. The van der Waals surface area contributed by atoms with E-state index in [9.17, 15) is 9.59 Å². The summed E-state index contributed by atoms with van der Waals surface area (Å²) in [5, 5.41) is 0. The van der Waals surface area contributed by atoms with Crippen LogP contribution in [0.1, 0.15) is 92.9 Å². The van der Waals surface area contributed by atoms with Crippen LogP contribution >= 0.6 is 0 Å². The van der Waals surface area contributed by atoms with Crippen LogP contribution in [-0.4, -0.2) is 23.1 Å². The van der Waals surface area contributed by atoms with E-state index in [-0.39, 0.29) is 11.9 Å². The van der Waals surface area contributed by atoms with E-state index in [0.717, 1.165) is 38.5 Å². The fourth-order valence-corrected chi connectivity index (χ4v) is 1.67. The lowest BCUT2D eigenvalue weighted by molar-refractivity contribution is -0.320. The molecule has 0 bridgehead atoms. The van der Waals surface area contributed by atoms with Crippen molar-refractivity contribution in [2.75, 3.05) is 0 Å². The second kappa shape index (κ2) is 11.4. The third-order valence-corrected chi connectivity index (χ3v) is 2.78. The highest BCUT2D eigenvalue weighted by Crippen LogP contribution is 2.12. The highest BCUT2D eigenvalue weighted by molar-refractivity contribution is 5.68. The molecule has 0 rings (SSSR count). The lowest BCUT2D eigenvalue weighted by atomic mass is 10.1. The molecule has 0 aliphatic carbocycles. The lowest BCUT2D eigenvalue weighted by Gasteiger charge is -2.16. The van der Waals surface area contributed by atoms with E-state index < -0.39 is 11.2 Å². The highest BCUT2D eigenvalue weighted by Gasteiger charge is 2.15. The number of unbranched alkanes of at least 4 members (excludes halogenated alkanes) is 5. The minimum atomic E-state index is -0.477. The van der Waals surface area contributed by atoms with Crippen molar-refractivity contribution >= 4 is 11.9 Å². The molecule has 0 aromatic rings. The smallest absolute Gasteiger partial charge is 0.298 e. The predicted octanol–water partition coefficient (Wildman–Crippen LogP) is 4.65. The molecule has 0 spiro atoms. The maximum absolute atomic E-state index is 11.4. The van der Waals surface area contributed by atoms with E-state index >= 15 is 0 Å². The van der Waals surface area contributed by atoms with Crippen LogP contribution in [0.2, 0.25) is 0 Å². The van der Waals surface area contributed by atoms with Crippen molar-refractivity contribution in [1.82, 2.24) is 0 Å². The average molecular weight is 346 g/mol. The Kier molecular flexibility index (Phi) is 10.9. The van der Waals surface area contributed by atoms with Crippen molar-refractivity contribution in [2.45, 2.75) is 104 Å². The van der Waals surface area contributed by atoms with Crippen molar-refractivity contribution in [3.63, 3.8) is 0 Å². The van der Waals surface area contributed by atoms with Gasteiger partial charge >= 0.3 is 11.9 Å². The Morgan fingerprint density at radius 3 is 1.17 bits per heavy atom. The van der Waals surface area contributed by atoms with Gasteiger partial charge in [0.25, 0.3) is 0 Å². The molecule has 24 heavy (non-hydrogen) atoms. The largest absolute Gasteiger partial charge is 0.342 e. The summed E-state index contributed by atoms with van der Waals surface area (Å²) in [4.78, 5) is 42.2. The second-order valence-electron chi connectivity index (χ2n) is 7.92. The SMILES string of the molecule is CC(C)(C)OOC(=O)CCCCCCCCC(=O)OOC(C)(C)C. The molecule has 0 saturated heterocycles. The van der Waals surface area contributed by atoms with E-state index in [2.05, 4.69) is 0 Å². The van der Waals surface area contributed by atoms with Crippen molar-refractivity contribution in [2.24, 2.45) is 0 Å². The summed E-state index contributed by atoms with van der Waals surface area (Å²) in [6.45, 7) is 10.9. The molecule has 0 aromatic heterocycles. The molecule has 0 unspecified atom stereocenters. The Labute approximate surface area is 146 Å². The van der Waals surface area contributed by atoms with Crippen LogP contribution in [0, 0.1) is 0 Å². The fourth-order valence-electron chi connectivity index (χ4n) is 1.67. The zero-order valence-corrected chi connectivity index (χ0v) is 16.1. The predicted molar refractivity (Wildman–Crippen MR) is 90.8 cm³/mol. The summed E-state index contributed by atoms with van der Waals surface area (Å²) < 4.78 is 0. The molecule has 0 fully saturated rings. The molecular weight excluding hydrogens is 312 g/mol. The molecule has 0 saturated carbocycles. The van der Waals surface area contributed by atoms with Crippen molar-refractivity contribution in [3.8, 4) is 0 Å². The van der Waals surface area contributed by atoms with E-state index in [4.69, 9.17) is 19.6 Å². The summed E-state index contributed by atoms with van der Waals surface area (Å²) >= 11 is 0. The van der Waals surface area contributed by atoms with E-state index in [1.165, 1.54) is 0 Å². The number of carbonyl (C=O) groups is 2. The molecule has 0 aliphatic rings. The molecule has 0 amide bonds. The van der Waals surface area contributed by atoms with Gasteiger partial charge in [-0.25, -0.2) is 9.59 Å². The first-order chi connectivity index (χ1) is 11.0. The zero-order chi connectivity index (χ0) is 18.6. The molecule has 0 aromatic carbocycles. The third-order valence-electron chi connectivity index (χ3n) is 2.78. The fraction of sp³-hybridized carbons (Fsp3) is 0.889. The molecule has 0 N–H and O–H groups in total. The molecule has 6 nitrogen and oxygen atoms in total. The maximum atomic E-state index is 11.4. The van der Waals surface area contributed by atoms with Gasteiger partial charge in [0, 0.05) is 12.8 Å². The monoisotopic (exact) mass is 346 g/mol. The minimum absolute atomic E-state index is 0.327. The van der Waals surface area contributed by atoms with Gasteiger partial charge in [-0.05, 0) is 54.4 Å². The van der Waals surface area contributed by atoms with Gasteiger partial charge in [-0.15, -0.1) is 0 Å². The van der Waals surface area contributed by atoms with Crippen LogP contribution in [0.3, 0.4) is 0 Å². The first-order valence-corrected chi connectivity index (χ1v) is 8.77. The van der Waals surface area contributed by atoms with Crippen LogP contribution in [0.15, 0.2) is 0 Å². The first kappa shape index (κ1) is 22.9. The topological polar surface area (TPSA) is 71.1 Å². The number of hydrogen-bond donors (Lipinski definition) is 0. The molecule has 0 atom stereocenters. The zero-order valence-electron chi connectivity index (χ0n) is 16.1. The van der Waals surface area contributed by atoms with Crippen LogP contribution in [0.4, 0.5) is 0 Å². The first-order valence-electron chi connectivity index (χ1n) is 8.77. The van der Waals surface area contributed by atoms with Gasteiger partial charge in [-0.1, -0.05) is 25.7 Å². The third kappa shape index (κ3) is 17.2. The van der Waals surface area contributed by atoms with Gasteiger partial charge in [-0.2, -0.15) is 9.78 Å². The molecular formula is C18H34O6. The van der Waals surface area contributed by atoms with Gasteiger partial charge in [0.15, 0.2) is 0 Å². The average Bonchev–Trinajstić information content (AvgIpc) is 2.44. The summed E-state index contributed by atoms with van der Waals surface area (Å²) in [5.74, 6) is -0.655. The molecule has 142 valence electrons.